The fourth-order valence-electron chi connectivity index (χ4n) is 5.34. The lowest BCUT2D eigenvalue weighted by molar-refractivity contribution is -0.125. The first-order valence-electron chi connectivity index (χ1n) is 13.7. The van der Waals surface area contributed by atoms with Gasteiger partial charge in [-0.15, -0.1) is 0 Å². The van der Waals surface area contributed by atoms with Gasteiger partial charge in [-0.1, -0.05) is 104 Å². The molecule has 11 heteroatoms. The molecule has 2 amide bonds. The smallest absolute Gasteiger partial charge is 0.249 e. The van der Waals surface area contributed by atoms with Gasteiger partial charge in [0.05, 0.1) is 17.0 Å². The van der Waals surface area contributed by atoms with Crippen molar-refractivity contribution in [2.24, 2.45) is 5.73 Å². The predicted octanol–water partition coefficient (Wildman–Crippen LogP) is 6.88. The zero-order chi connectivity index (χ0) is 31.4. The first-order chi connectivity index (χ1) is 21.0. The van der Waals surface area contributed by atoms with Gasteiger partial charge in [0.2, 0.25) is 21.8 Å². The van der Waals surface area contributed by atoms with E-state index < -0.39 is 40.0 Å². The highest BCUT2D eigenvalue weighted by atomic mass is 79.9. The lowest BCUT2D eigenvalue weighted by Gasteiger charge is -2.41. The van der Waals surface area contributed by atoms with Crippen LogP contribution in [0.5, 0.6) is 0 Å². The molecule has 0 saturated heterocycles. The summed E-state index contributed by atoms with van der Waals surface area (Å²) in [5.41, 5.74) is 7.96. The van der Waals surface area contributed by atoms with Crippen LogP contribution >= 0.6 is 43.5 Å². The average Bonchev–Trinajstić information content (AvgIpc) is 3.00. The van der Waals surface area contributed by atoms with Crippen molar-refractivity contribution in [1.82, 2.24) is 9.62 Å². The molecule has 5 rings (SSSR count). The number of rotatable bonds is 9. The summed E-state index contributed by atoms with van der Waals surface area (Å²) >= 11 is 13.2. The van der Waals surface area contributed by atoms with Crippen LogP contribution in [0.25, 0.3) is 0 Å². The molecule has 1 aliphatic rings. The zero-order valence-electron chi connectivity index (χ0n) is 23.2. The maximum atomic E-state index is 14.6. The van der Waals surface area contributed by atoms with Crippen LogP contribution in [-0.4, -0.2) is 30.6 Å². The minimum atomic E-state index is -4.22. The van der Waals surface area contributed by atoms with Crippen LogP contribution in [0.1, 0.15) is 35.2 Å². The number of benzene rings is 4. The van der Waals surface area contributed by atoms with Crippen LogP contribution in [0.15, 0.2) is 129 Å². The quantitative estimate of drug-likeness (QED) is 0.194. The van der Waals surface area contributed by atoms with Gasteiger partial charge in [0, 0.05) is 26.0 Å². The number of nitrogens with zero attached hydrogens (tertiary/aromatic N) is 1. The highest BCUT2D eigenvalue weighted by Crippen LogP contribution is 2.46. The summed E-state index contributed by atoms with van der Waals surface area (Å²) in [6, 6.07) is 27.0. The molecule has 0 aliphatic carbocycles. The molecule has 7 nitrogen and oxygen atoms in total. The van der Waals surface area contributed by atoms with Crippen molar-refractivity contribution in [3.05, 3.63) is 145 Å². The molecule has 44 heavy (non-hydrogen) atoms. The second kappa shape index (κ2) is 13.8. The zero-order valence-corrected chi connectivity index (χ0v) is 28.0. The fourth-order valence-corrected chi connectivity index (χ4v) is 8.00. The number of hydrogen-bond donors (Lipinski definition) is 2. The number of hydrogen-bond acceptors (Lipinski definition) is 4. The summed E-state index contributed by atoms with van der Waals surface area (Å²) in [6.45, 7) is 0. The number of nitrogens with one attached hydrogen (secondary N) is 1. The number of primary amides is 1. The average molecular weight is 758 g/mol. The van der Waals surface area contributed by atoms with Crippen molar-refractivity contribution in [2.45, 2.75) is 35.9 Å². The molecule has 4 aromatic carbocycles. The van der Waals surface area contributed by atoms with E-state index in [1.165, 1.54) is 16.4 Å². The third-order valence-corrected chi connectivity index (χ3v) is 10.5. The monoisotopic (exact) mass is 755 g/mol. The summed E-state index contributed by atoms with van der Waals surface area (Å²) in [7, 11) is -4.22. The van der Waals surface area contributed by atoms with Crippen LogP contribution in [0.2, 0.25) is 5.02 Å². The number of halogens is 3. The van der Waals surface area contributed by atoms with Gasteiger partial charge in [0.25, 0.3) is 0 Å². The standard InChI is InChI=1S/C33H28Br2ClN3O4S/c34-24-12-14-27(15-13-24)44(42,43)39-30(22-8-5-11-26(36)20-22)17-16-28(31(39)23-9-4-10-25(35)19-23)33(41)38-29(32(37)40)18-21-6-2-1-3-7-21/h1-16,19-20,29-31H,17-18H2,(H2,37,40)(H,38,41)/t29-,30-,31-/m0/s1. The molecular weight excluding hydrogens is 730 g/mol. The van der Waals surface area contributed by atoms with Crippen molar-refractivity contribution >= 4 is 65.3 Å². The van der Waals surface area contributed by atoms with Crippen molar-refractivity contribution < 1.29 is 18.0 Å². The summed E-state index contributed by atoms with van der Waals surface area (Å²) < 4.78 is 32.0. The maximum absolute atomic E-state index is 14.6. The van der Waals surface area contributed by atoms with Crippen LogP contribution in [0.3, 0.4) is 0 Å². The van der Waals surface area contributed by atoms with Crippen LogP contribution in [0, 0.1) is 0 Å². The molecular formula is C33H28Br2ClN3O4S. The molecule has 0 bridgehead atoms. The molecule has 3 atom stereocenters. The van der Waals surface area contributed by atoms with Crippen molar-refractivity contribution in [1.29, 1.82) is 0 Å². The maximum Gasteiger partial charge on any atom is 0.249 e. The number of carbonyl (C=O) groups is 2. The Balaban J connectivity index is 1.65. The van der Waals surface area contributed by atoms with E-state index >= 15 is 0 Å². The summed E-state index contributed by atoms with van der Waals surface area (Å²) in [5.74, 6) is -1.29. The molecule has 226 valence electrons. The normalized spacial score (nSPS) is 17.8. The van der Waals surface area contributed by atoms with Gasteiger partial charge >= 0.3 is 0 Å². The molecule has 4 aromatic rings. The van der Waals surface area contributed by atoms with E-state index in [2.05, 4.69) is 37.2 Å². The van der Waals surface area contributed by atoms with E-state index in [9.17, 15) is 18.0 Å². The molecule has 0 spiro atoms. The number of carbonyl (C=O) groups excluding carboxylic acids is 2. The van der Waals surface area contributed by atoms with E-state index in [1.54, 1.807) is 54.6 Å². The Morgan fingerprint density at radius 3 is 2.23 bits per heavy atom. The summed E-state index contributed by atoms with van der Waals surface area (Å²) in [5, 5.41) is 3.25. The second-order valence-corrected chi connectivity index (χ2v) is 14.4. The minimum Gasteiger partial charge on any atom is -0.368 e. The summed E-state index contributed by atoms with van der Waals surface area (Å²) in [4.78, 5) is 26.6. The first-order valence-corrected chi connectivity index (χ1v) is 17.1. The lowest BCUT2D eigenvalue weighted by Crippen LogP contribution is -2.49. The Morgan fingerprint density at radius 1 is 0.886 bits per heavy atom. The Labute approximate surface area is 278 Å². The first kappa shape index (κ1) is 32.1. The van der Waals surface area contributed by atoms with Crippen LogP contribution < -0.4 is 11.1 Å². The van der Waals surface area contributed by atoms with E-state index in [4.69, 9.17) is 17.3 Å². The highest BCUT2D eigenvalue weighted by Gasteiger charge is 2.45. The van der Waals surface area contributed by atoms with E-state index in [0.29, 0.717) is 20.6 Å². The Bertz CT molecular complexity index is 1820. The largest absolute Gasteiger partial charge is 0.368 e. The molecule has 0 saturated carbocycles. The van der Waals surface area contributed by atoms with E-state index in [-0.39, 0.29) is 23.3 Å². The van der Waals surface area contributed by atoms with E-state index in [1.807, 2.05) is 42.5 Å². The molecule has 1 aliphatic heterocycles. The third-order valence-electron chi connectivity index (χ3n) is 7.40. The Hall–Kier alpha value is -3.28. The molecule has 0 unspecified atom stereocenters. The number of sulfonamides is 1. The van der Waals surface area contributed by atoms with Crippen molar-refractivity contribution in [3.8, 4) is 0 Å². The van der Waals surface area contributed by atoms with Gasteiger partial charge in [-0.05, 0) is 71.6 Å². The molecule has 3 N–H and O–H groups in total. The fraction of sp³-hybridized carbons (Fsp3) is 0.152. The topological polar surface area (TPSA) is 110 Å². The molecule has 0 radical (unpaired) electrons. The van der Waals surface area contributed by atoms with Crippen LogP contribution in [0.4, 0.5) is 0 Å². The lowest BCUT2D eigenvalue weighted by atomic mass is 9.88. The van der Waals surface area contributed by atoms with Gasteiger partial charge in [-0.3, -0.25) is 9.59 Å². The molecule has 0 fully saturated rings. The second-order valence-electron chi connectivity index (χ2n) is 10.3. The van der Waals surface area contributed by atoms with Gasteiger partial charge in [0.15, 0.2) is 0 Å². The minimum absolute atomic E-state index is 0.0634. The predicted molar refractivity (Wildman–Crippen MR) is 178 cm³/mol. The van der Waals surface area contributed by atoms with Gasteiger partial charge in [-0.25, -0.2) is 8.42 Å². The number of nitrogens with two attached hydrogens (primary N) is 1. The van der Waals surface area contributed by atoms with Crippen LogP contribution in [-0.2, 0) is 26.0 Å². The Kier molecular flexibility index (Phi) is 10.1. The van der Waals surface area contributed by atoms with E-state index in [0.717, 1.165) is 10.0 Å². The van der Waals surface area contributed by atoms with Gasteiger partial charge < -0.3 is 11.1 Å². The summed E-state index contributed by atoms with van der Waals surface area (Å²) in [6.07, 6.45) is 2.10. The molecule has 0 aromatic heterocycles. The third kappa shape index (κ3) is 7.16. The van der Waals surface area contributed by atoms with Crippen molar-refractivity contribution in [2.75, 3.05) is 0 Å². The SMILES string of the molecule is NC(=O)[C@H](Cc1ccccc1)NC(=O)C1=CC[C@@H](c2cccc(Cl)c2)N(S(=O)(=O)c2ccc(Br)cc2)[C@H]1c1cccc(Br)c1. The van der Waals surface area contributed by atoms with Crippen molar-refractivity contribution in [3.63, 3.8) is 0 Å². The Morgan fingerprint density at radius 2 is 1.57 bits per heavy atom. The highest BCUT2D eigenvalue weighted by molar-refractivity contribution is 9.10. The van der Waals surface area contributed by atoms with Gasteiger partial charge in [0.1, 0.15) is 6.04 Å². The molecule has 1 heterocycles. The number of amides is 2. The van der Waals surface area contributed by atoms with Gasteiger partial charge in [-0.2, -0.15) is 4.31 Å².